The molecule has 0 aromatic rings. The summed E-state index contributed by atoms with van der Waals surface area (Å²) in [7, 11) is 0. The second-order valence-corrected chi connectivity index (χ2v) is 4.02. The number of hydrogen-bond donors (Lipinski definition) is 1. The van der Waals surface area contributed by atoms with Gasteiger partial charge in [-0.2, -0.15) is 0 Å². The zero-order valence-electron chi connectivity index (χ0n) is 10.00. The topological polar surface area (TPSA) is 46.5 Å². The molecule has 0 radical (unpaired) electrons. The van der Waals surface area contributed by atoms with Gasteiger partial charge in [-0.3, -0.25) is 4.79 Å². The molecule has 0 atom stereocenters. The summed E-state index contributed by atoms with van der Waals surface area (Å²) in [4.78, 5) is 10.2. The molecule has 0 spiro atoms. The monoisotopic (exact) mass is 216 g/mol. The van der Waals surface area contributed by atoms with Gasteiger partial charge < -0.3 is 9.84 Å². The summed E-state index contributed by atoms with van der Waals surface area (Å²) in [5, 5.41) is 8.43. The minimum absolute atomic E-state index is 0.215. The van der Waals surface area contributed by atoms with Crippen molar-refractivity contribution >= 4 is 5.97 Å². The highest BCUT2D eigenvalue weighted by molar-refractivity contribution is 5.66. The quantitative estimate of drug-likeness (QED) is 0.571. The van der Waals surface area contributed by atoms with E-state index >= 15 is 0 Å². The zero-order valence-corrected chi connectivity index (χ0v) is 10.00. The molecule has 15 heavy (non-hydrogen) atoms. The fourth-order valence-electron chi connectivity index (χ4n) is 1.70. The first-order chi connectivity index (χ1) is 7.20. The number of carbonyl (C=O) groups is 1. The Morgan fingerprint density at radius 3 is 2.33 bits per heavy atom. The van der Waals surface area contributed by atoms with Crippen molar-refractivity contribution in [2.24, 2.45) is 5.92 Å². The van der Waals surface area contributed by atoms with Crippen molar-refractivity contribution in [2.75, 3.05) is 13.2 Å². The summed E-state index contributed by atoms with van der Waals surface area (Å²) < 4.78 is 5.49. The van der Waals surface area contributed by atoms with Crippen molar-refractivity contribution in [3.8, 4) is 0 Å². The largest absolute Gasteiger partial charge is 0.481 e. The predicted octanol–water partition coefficient (Wildman–Crippen LogP) is 3.08. The van der Waals surface area contributed by atoms with Crippen molar-refractivity contribution in [2.45, 2.75) is 52.4 Å². The lowest BCUT2D eigenvalue weighted by molar-refractivity contribution is -0.137. The Hall–Kier alpha value is -0.570. The van der Waals surface area contributed by atoms with E-state index in [1.807, 2.05) is 0 Å². The third-order valence-electron chi connectivity index (χ3n) is 2.43. The molecule has 0 bridgehead atoms. The van der Waals surface area contributed by atoms with Gasteiger partial charge in [0.05, 0.1) is 0 Å². The van der Waals surface area contributed by atoms with E-state index in [1.54, 1.807) is 0 Å². The van der Waals surface area contributed by atoms with Crippen LogP contribution in [0.15, 0.2) is 0 Å². The summed E-state index contributed by atoms with van der Waals surface area (Å²) >= 11 is 0. The van der Waals surface area contributed by atoms with Crippen LogP contribution in [0.2, 0.25) is 0 Å². The minimum atomic E-state index is -0.739. The van der Waals surface area contributed by atoms with Crippen LogP contribution in [0.25, 0.3) is 0 Å². The van der Waals surface area contributed by atoms with Crippen LogP contribution in [-0.2, 0) is 9.53 Å². The number of hydrogen-bond acceptors (Lipinski definition) is 2. The van der Waals surface area contributed by atoms with Crippen LogP contribution in [0, 0.1) is 5.92 Å². The number of carboxylic acid groups (broad SMARTS) is 1. The molecule has 0 unspecified atom stereocenters. The fourth-order valence-corrected chi connectivity index (χ4v) is 1.70. The number of ether oxygens (including phenoxy) is 1. The maximum Gasteiger partial charge on any atom is 0.303 e. The van der Waals surface area contributed by atoms with E-state index in [-0.39, 0.29) is 6.42 Å². The summed E-state index contributed by atoms with van der Waals surface area (Å²) in [5.74, 6) is -0.0814. The molecule has 0 rings (SSSR count). The van der Waals surface area contributed by atoms with Crippen LogP contribution in [-0.4, -0.2) is 24.3 Å². The van der Waals surface area contributed by atoms with Gasteiger partial charge in [0.2, 0.25) is 0 Å². The summed E-state index contributed by atoms with van der Waals surface area (Å²) in [5.41, 5.74) is 0. The SMILES string of the molecule is CCCC(CCC)COCCCC(=O)O. The van der Waals surface area contributed by atoms with Crippen LogP contribution in [0.3, 0.4) is 0 Å². The molecule has 0 amide bonds. The van der Waals surface area contributed by atoms with Gasteiger partial charge in [-0.15, -0.1) is 0 Å². The van der Waals surface area contributed by atoms with Crippen LogP contribution in [0.1, 0.15) is 52.4 Å². The Balaban J connectivity index is 3.39. The van der Waals surface area contributed by atoms with Crippen LogP contribution in [0.5, 0.6) is 0 Å². The summed E-state index contributed by atoms with van der Waals surface area (Å²) in [6.45, 7) is 5.75. The van der Waals surface area contributed by atoms with Crippen LogP contribution < -0.4 is 0 Å². The molecule has 0 heterocycles. The summed E-state index contributed by atoms with van der Waals surface area (Å²) in [6.07, 6.45) is 5.67. The number of rotatable bonds is 10. The van der Waals surface area contributed by atoms with Crippen molar-refractivity contribution in [1.82, 2.24) is 0 Å². The third kappa shape index (κ3) is 9.73. The van der Waals surface area contributed by atoms with Crippen molar-refractivity contribution in [1.29, 1.82) is 0 Å². The van der Waals surface area contributed by atoms with Gasteiger partial charge in [-0.05, 0) is 25.2 Å². The Bertz CT molecular complexity index is 151. The zero-order chi connectivity index (χ0) is 11.5. The van der Waals surface area contributed by atoms with Gasteiger partial charge in [0.1, 0.15) is 0 Å². The molecule has 1 N–H and O–H groups in total. The molecule has 0 fully saturated rings. The highest BCUT2D eigenvalue weighted by Gasteiger charge is 2.06. The predicted molar refractivity (Wildman–Crippen MR) is 61.0 cm³/mol. The Morgan fingerprint density at radius 1 is 1.27 bits per heavy atom. The molecule has 0 aromatic carbocycles. The molecule has 0 aliphatic heterocycles. The van der Waals surface area contributed by atoms with E-state index in [0.29, 0.717) is 18.9 Å². The Kier molecular flexibility index (Phi) is 9.59. The highest BCUT2D eigenvalue weighted by Crippen LogP contribution is 2.13. The normalized spacial score (nSPS) is 10.9. The molecular formula is C12H24O3. The van der Waals surface area contributed by atoms with Gasteiger partial charge in [0.25, 0.3) is 0 Å². The average Bonchev–Trinajstić information content (AvgIpc) is 2.17. The van der Waals surface area contributed by atoms with E-state index < -0.39 is 5.97 Å². The minimum Gasteiger partial charge on any atom is -0.481 e. The van der Waals surface area contributed by atoms with Gasteiger partial charge >= 0.3 is 5.97 Å². The number of carboxylic acids is 1. The first-order valence-corrected chi connectivity index (χ1v) is 6.00. The fraction of sp³-hybridized carbons (Fsp3) is 0.917. The van der Waals surface area contributed by atoms with Gasteiger partial charge in [-0.25, -0.2) is 0 Å². The maximum atomic E-state index is 10.2. The lowest BCUT2D eigenvalue weighted by Gasteiger charge is -2.15. The smallest absolute Gasteiger partial charge is 0.303 e. The molecule has 0 saturated heterocycles. The van der Waals surface area contributed by atoms with E-state index in [0.717, 1.165) is 6.61 Å². The van der Waals surface area contributed by atoms with Crippen LogP contribution >= 0.6 is 0 Å². The van der Waals surface area contributed by atoms with Crippen molar-refractivity contribution in [3.63, 3.8) is 0 Å². The van der Waals surface area contributed by atoms with Crippen molar-refractivity contribution < 1.29 is 14.6 Å². The maximum absolute atomic E-state index is 10.2. The Labute approximate surface area is 92.8 Å². The van der Waals surface area contributed by atoms with Crippen LogP contribution in [0.4, 0.5) is 0 Å². The van der Waals surface area contributed by atoms with E-state index in [2.05, 4.69) is 13.8 Å². The summed E-state index contributed by atoms with van der Waals surface area (Å²) in [6, 6.07) is 0. The molecule has 3 heteroatoms. The van der Waals surface area contributed by atoms with Gasteiger partial charge in [0.15, 0.2) is 0 Å². The number of aliphatic carboxylic acids is 1. The molecule has 3 nitrogen and oxygen atoms in total. The lowest BCUT2D eigenvalue weighted by atomic mass is 9.99. The van der Waals surface area contributed by atoms with Gasteiger partial charge in [-0.1, -0.05) is 26.7 Å². The highest BCUT2D eigenvalue weighted by atomic mass is 16.5. The molecule has 0 aliphatic carbocycles. The third-order valence-corrected chi connectivity index (χ3v) is 2.43. The van der Waals surface area contributed by atoms with E-state index in [9.17, 15) is 4.79 Å². The second-order valence-electron chi connectivity index (χ2n) is 4.02. The molecule has 0 aliphatic rings. The Morgan fingerprint density at radius 2 is 1.87 bits per heavy atom. The molecular weight excluding hydrogens is 192 g/mol. The first kappa shape index (κ1) is 14.4. The molecule has 90 valence electrons. The second kappa shape index (κ2) is 9.97. The van der Waals surface area contributed by atoms with Gasteiger partial charge in [0, 0.05) is 19.6 Å². The van der Waals surface area contributed by atoms with E-state index in [4.69, 9.17) is 9.84 Å². The first-order valence-electron chi connectivity index (χ1n) is 6.00. The molecule has 0 saturated carbocycles. The van der Waals surface area contributed by atoms with Crippen molar-refractivity contribution in [3.05, 3.63) is 0 Å². The molecule has 0 aromatic heterocycles. The lowest BCUT2D eigenvalue weighted by Crippen LogP contribution is -2.10. The van der Waals surface area contributed by atoms with E-state index in [1.165, 1.54) is 25.7 Å². The average molecular weight is 216 g/mol. The standard InChI is InChI=1S/C12H24O3/c1-3-6-11(7-4-2)10-15-9-5-8-12(13)14/h11H,3-10H2,1-2H3,(H,13,14).